The largest absolute Gasteiger partial charge is 0.360 e. The van der Waals surface area contributed by atoms with Crippen molar-refractivity contribution in [1.82, 2.24) is 10.6 Å². The van der Waals surface area contributed by atoms with Gasteiger partial charge in [-0.15, -0.1) is 0 Å². The number of hydrogen-bond donors (Lipinski definition) is 2. The number of carbonyl (C=O) groups excluding carboxylic acids is 1. The van der Waals surface area contributed by atoms with Gasteiger partial charge in [0.15, 0.2) is 5.11 Å². The molecule has 126 valence electrons. The molecule has 0 radical (unpaired) electrons. The quantitative estimate of drug-likeness (QED) is 0.767. The average molecular weight is 353 g/mol. The Morgan fingerprint density at radius 1 is 1.13 bits per heavy atom. The maximum absolute atomic E-state index is 12.1. The molecule has 0 unspecified atom stereocenters. The molecule has 0 bridgehead atoms. The Morgan fingerprint density at radius 3 is 2.22 bits per heavy atom. The zero-order valence-corrected chi connectivity index (χ0v) is 15.6. The first kappa shape index (κ1) is 18.2. The molecule has 1 fully saturated rings. The Kier molecular flexibility index (Phi) is 6.04. The fourth-order valence-electron chi connectivity index (χ4n) is 3.10. The van der Waals surface area contributed by atoms with E-state index in [1.165, 1.54) is 12.8 Å². The van der Waals surface area contributed by atoms with E-state index >= 15 is 0 Å². The van der Waals surface area contributed by atoms with Gasteiger partial charge in [-0.25, -0.2) is 0 Å². The number of thiocarbonyl (C=S) groups is 1. The smallest absolute Gasteiger partial charge is 0.257 e. The Labute approximate surface area is 149 Å². The summed E-state index contributed by atoms with van der Waals surface area (Å²) in [4.78, 5) is 12.1. The highest BCUT2D eigenvalue weighted by molar-refractivity contribution is 7.80. The summed E-state index contributed by atoms with van der Waals surface area (Å²) < 4.78 is 0. The fourth-order valence-corrected chi connectivity index (χ4v) is 3.49. The van der Waals surface area contributed by atoms with Crippen LogP contribution in [0.1, 0.15) is 56.8 Å². The highest BCUT2D eigenvalue weighted by atomic mass is 35.5. The van der Waals surface area contributed by atoms with Crippen LogP contribution in [0.2, 0.25) is 5.02 Å². The summed E-state index contributed by atoms with van der Waals surface area (Å²) in [6.07, 6.45) is 4.60. The molecule has 0 aliphatic heterocycles. The molecule has 0 spiro atoms. The Balaban J connectivity index is 1.79. The van der Waals surface area contributed by atoms with E-state index < -0.39 is 0 Å². The molecule has 0 saturated heterocycles. The van der Waals surface area contributed by atoms with Gasteiger partial charge in [-0.2, -0.15) is 0 Å². The van der Waals surface area contributed by atoms with E-state index in [-0.39, 0.29) is 5.91 Å². The van der Waals surface area contributed by atoms with Crippen LogP contribution in [0, 0.1) is 11.3 Å². The van der Waals surface area contributed by atoms with Gasteiger partial charge >= 0.3 is 0 Å². The monoisotopic (exact) mass is 352 g/mol. The third-order valence-corrected chi connectivity index (χ3v) is 5.09. The van der Waals surface area contributed by atoms with E-state index in [1.807, 2.05) is 0 Å². The molecule has 2 N–H and O–H groups in total. The molecule has 5 heteroatoms. The van der Waals surface area contributed by atoms with Gasteiger partial charge in [0.05, 0.1) is 0 Å². The van der Waals surface area contributed by atoms with Crippen molar-refractivity contribution < 1.29 is 4.79 Å². The van der Waals surface area contributed by atoms with Gasteiger partial charge in [-0.05, 0) is 73.5 Å². The minimum atomic E-state index is -0.206. The van der Waals surface area contributed by atoms with Crippen molar-refractivity contribution >= 4 is 34.8 Å². The van der Waals surface area contributed by atoms with E-state index in [9.17, 15) is 4.79 Å². The molecular weight excluding hydrogens is 328 g/mol. The van der Waals surface area contributed by atoms with Gasteiger partial charge in [-0.3, -0.25) is 10.1 Å². The van der Waals surface area contributed by atoms with Crippen molar-refractivity contribution in [3.8, 4) is 0 Å². The lowest BCUT2D eigenvalue weighted by Crippen LogP contribution is -2.46. The summed E-state index contributed by atoms with van der Waals surface area (Å²) in [5.41, 5.74) is 0.920. The van der Waals surface area contributed by atoms with E-state index in [1.54, 1.807) is 24.3 Å². The molecule has 0 atom stereocenters. The Morgan fingerprint density at radius 2 is 1.70 bits per heavy atom. The molecule has 1 amide bonds. The van der Waals surface area contributed by atoms with Crippen LogP contribution in [0.4, 0.5) is 0 Å². The molecule has 1 aliphatic rings. The zero-order chi connectivity index (χ0) is 17.0. The molecule has 23 heavy (non-hydrogen) atoms. The normalized spacial score (nSPS) is 21.6. The van der Waals surface area contributed by atoms with Crippen LogP contribution >= 0.6 is 23.8 Å². The van der Waals surface area contributed by atoms with Crippen molar-refractivity contribution in [3.63, 3.8) is 0 Å². The van der Waals surface area contributed by atoms with E-state index in [2.05, 4.69) is 31.4 Å². The van der Waals surface area contributed by atoms with E-state index in [4.69, 9.17) is 23.8 Å². The van der Waals surface area contributed by atoms with Crippen LogP contribution in [-0.2, 0) is 0 Å². The number of benzene rings is 1. The summed E-state index contributed by atoms with van der Waals surface area (Å²) in [5, 5.41) is 7.03. The highest BCUT2D eigenvalue weighted by Gasteiger charge is 2.29. The number of rotatable bonds is 2. The van der Waals surface area contributed by atoms with Crippen molar-refractivity contribution in [2.45, 2.75) is 52.5 Å². The Hall–Kier alpha value is -1.13. The van der Waals surface area contributed by atoms with Crippen LogP contribution in [0.5, 0.6) is 0 Å². The molecular formula is C18H25ClN2OS. The minimum Gasteiger partial charge on any atom is -0.360 e. The molecule has 3 nitrogen and oxygen atoms in total. The zero-order valence-electron chi connectivity index (χ0n) is 14.0. The summed E-state index contributed by atoms with van der Waals surface area (Å²) in [6.45, 7) is 6.92. The van der Waals surface area contributed by atoms with Gasteiger partial charge in [0.1, 0.15) is 0 Å². The van der Waals surface area contributed by atoms with Crippen molar-refractivity contribution in [1.29, 1.82) is 0 Å². The van der Waals surface area contributed by atoms with Gasteiger partial charge in [0.25, 0.3) is 5.91 Å². The van der Waals surface area contributed by atoms with Crippen molar-refractivity contribution in [2.75, 3.05) is 0 Å². The van der Waals surface area contributed by atoms with Gasteiger partial charge in [0, 0.05) is 16.6 Å². The van der Waals surface area contributed by atoms with Crippen LogP contribution in [0.25, 0.3) is 0 Å². The maximum Gasteiger partial charge on any atom is 0.257 e. The number of hydrogen-bond acceptors (Lipinski definition) is 2. The average Bonchev–Trinajstić information content (AvgIpc) is 2.47. The van der Waals surface area contributed by atoms with Crippen molar-refractivity contribution in [3.05, 3.63) is 34.9 Å². The molecule has 0 aromatic heterocycles. The van der Waals surface area contributed by atoms with Crippen LogP contribution in [-0.4, -0.2) is 17.1 Å². The van der Waals surface area contributed by atoms with Crippen LogP contribution in [0.15, 0.2) is 24.3 Å². The fraction of sp³-hybridized carbons (Fsp3) is 0.556. The van der Waals surface area contributed by atoms with Crippen LogP contribution in [0.3, 0.4) is 0 Å². The number of carbonyl (C=O) groups is 1. The second kappa shape index (κ2) is 7.63. The van der Waals surface area contributed by atoms with Gasteiger partial charge < -0.3 is 5.32 Å². The standard InChI is InChI=1S/C18H25ClN2OS/c1-18(2,3)13-6-10-15(11-7-13)20-17(23)21-16(22)12-4-8-14(19)9-5-12/h4-5,8-9,13,15H,6-7,10-11H2,1-3H3,(H2,20,21,22,23). The lowest BCUT2D eigenvalue weighted by molar-refractivity contribution is 0.0976. The predicted molar refractivity (Wildman–Crippen MR) is 99.9 cm³/mol. The van der Waals surface area contributed by atoms with Crippen molar-refractivity contribution in [2.24, 2.45) is 11.3 Å². The molecule has 1 saturated carbocycles. The summed E-state index contributed by atoms with van der Waals surface area (Å²) in [6, 6.07) is 7.12. The molecule has 1 aromatic carbocycles. The SMILES string of the molecule is CC(C)(C)C1CCC(NC(=S)NC(=O)c2ccc(Cl)cc2)CC1. The third kappa shape index (κ3) is 5.47. The Bertz CT molecular complexity index is 557. The minimum absolute atomic E-state index is 0.206. The van der Waals surface area contributed by atoms with E-state index in [0.29, 0.717) is 27.2 Å². The van der Waals surface area contributed by atoms with Crippen LogP contribution < -0.4 is 10.6 Å². The summed E-state index contributed by atoms with van der Waals surface area (Å²) in [7, 11) is 0. The second-order valence-corrected chi connectivity index (χ2v) is 8.19. The molecule has 0 heterocycles. The number of amides is 1. The number of halogens is 1. The highest BCUT2D eigenvalue weighted by Crippen LogP contribution is 2.37. The maximum atomic E-state index is 12.1. The first-order chi connectivity index (χ1) is 10.8. The second-order valence-electron chi connectivity index (χ2n) is 7.35. The number of nitrogens with one attached hydrogen (secondary N) is 2. The summed E-state index contributed by atoms with van der Waals surface area (Å²) in [5.74, 6) is 0.556. The predicted octanol–water partition coefficient (Wildman–Crippen LogP) is 4.55. The first-order valence-electron chi connectivity index (χ1n) is 8.13. The lowest BCUT2D eigenvalue weighted by Gasteiger charge is -2.37. The van der Waals surface area contributed by atoms with Gasteiger partial charge in [0.2, 0.25) is 0 Å². The molecule has 1 aliphatic carbocycles. The third-order valence-electron chi connectivity index (χ3n) is 4.62. The first-order valence-corrected chi connectivity index (χ1v) is 8.92. The van der Waals surface area contributed by atoms with Gasteiger partial charge in [-0.1, -0.05) is 32.4 Å². The topological polar surface area (TPSA) is 41.1 Å². The van der Waals surface area contributed by atoms with E-state index in [0.717, 1.165) is 18.8 Å². The summed E-state index contributed by atoms with van der Waals surface area (Å²) >= 11 is 11.1. The lowest BCUT2D eigenvalue weighted by atomic mass is 9.71. The molecule has 2 rings (SSSR count). The molecule has 1 aromatic rings.